The lowest BCUT2D eigenvalue weighted by Gasteiger charge is -2.28. The molecule has 84 valence electrons. The van der Waals surface area contributed by atoms with Gasteiger partial charge in [-0.1, -0.05) is 20.8 Å². The third-order valence-corrected chi connectivity index (χ3v) is 2.55. The summed E-state index contributed by atoms with van der Waals surface area (Å²) in [7, 11) is 0. The van der Waals surface area contributed by atoms with Crippen LogP contribution in [0.2, 0.25) is 5.28 Å². The van der Waals surface area contributed by atoms with Crippen molar-refractivity contribution in [2.24, 2.45) is 5.41 Å². The van der Waals surface area contributed by atoms with E-state index in [1.54, 1.807) is 6.07 Å². The van der Waals surface area contributed by atoms with Crippen LogP contribution in [0.5, 0.6) is 0 Å². The van der Waals surface area contributed by atoms with Crippen molar-refractivity contribution >= 4 is 23.2 Å². The Balaban J connectivity index is 2.81. The van der Waals surface area contributed by atoms with Gasteiger partial charge in [-0.15, -0.1) is 0 Å². The first-order chi connectivity index (χ1) is 6.79. The fourth-order valence-corrected chi connectivity index (χ4v) is 1.14. The molecule has 5 heteroatoms. The Bertz CT molecular complexity index is 326. The third kappa shape index (κ3) is 3.55. The monoisotopic (exact) mass is 228 g/mol. The van der Waals surface area contributed by atoms with E-state index in [1.807, 2.05) is 0 Å². The molecule has 0 radical (unpaired) electrons. The molecule has 4 nitrogen and oxygen atoms in total. The molecule has 0 unspecified atom stereocenters. The summed E-state index contributed by atoms with van der Waals surface area (Å²) in [6, 6.07) is 1.94. The Morgan fingerprint density at radius 3 is 2.47 bits per heavy atom. The molecule has 1 aromatic rings. The summed E-state index contributed by atoms with van der Waals surface area (Å²) in [4.78, 5) is 7.85. The zero-order valence-corrected chi connectivity index (χ0v) is 10.3. The van der Waals surface area contributed by atoms with Gasteiger partial charge in [-0.3, -0.25) is 0 Å². The largest absolute Gasteiger partial charge is 0.383 e. The van der Waals surface area contributed by atoms with Crippen molar-refractivity contribution in [2.45, 2.75) is 33.7 Å². The predicted molar refractivity (Wildman–Crippen MR) is 64.0 cm³/mol. The molecule has 0 aliphatic carbocycles. The van der Waals surface area contributed by atoms with Crippen LogP contribution in [0.4, 0.5) is 11.6 Å². The summed E-state index contributed by atoms with van der Waals surface area (Å²) < 4.78 is 0. The van der Waals surface area contributed by atoms with Gasteiger partial charge in [0, 0.05) is 12.1 Å². The number of halogens is 1. The van der Waals surface area contributed by atoms with Gasteiger partial charge in [-0.05, 0) is 23.9 Å². The predicted octanol–water partition coefficient (Wildman–Crippen LogP) is 2.56. The van der Waals surface area contributed by atoms with Crippen LogP contribution in [-0.2, 0) is 0 Å². The van der Waals surface area contributed by atoms with E-state index in [2.05, 4.69) is 43.0 Å². The second kappa shape index (κ2) is 4.23. The van der Waals surface area contributed by atoms with E-state index >= 15 is 0 Å². The number of rotatable bonds is 2. The van der Waals surface area contributed by atoms with Crippen LogP contribution < -0.4 is 11.1 Å². The molecular weight excluding hydrogens is 212 g/mol. The molecule has 1 rings (SSSR count). The van der Waals surface area contributed by atoms with Crippen molar-refractivity contribution in [3.05, 3.63) is 11.3 Å². The minimum absolute atomic E-state index is 0.145. The van der Waals surface area contributed by atoms with Crippen LogP contribution in [0, 0.1) is 5.41 Å². The Kier molecular flexibility index (Phi) is 3.39. The lowest BCUT2D eigenvalue weighted by molar-refractivity contribution is 0.359. The zero-order valence-electron chi connectivity index (χ0n) is 9.50. The Hall–Kier alpha value is -1.03. The first-order valence-corrected chi connectivity index (χ1v) is 5.23. The maximum absolute atomic E-state index is 5.71. The Labute approximate surface area is 95.3 Å². The Morgan fingerprint density at radius 1 is 1.40 bits per heavy atom. The molecule has 0 fully saturated rings. The highest BCUT2D eigenvalue weighted by molar-refractivity contribution is 6.28. The highest BCUT2D eigenvalue weighted by Crippen LogP contribution is 2.22. The second-order valence-electron chi connectivity index (χ2n) is 4.68. The van der Waals surface area contributed by atoms with Gasteiger partial charge in [0.05, 0.1) is 0 Å². The van der Waals surface area contributed by atoms with Gasteiger partial charge in [0.2, 0.25) is 5.28 Å². The molecule has 0 aliphatic rings. The first kappa shape index (κ1) is 12.0. The molecule has 0 bridgehead atoms. The topological polar surface area (TPSA) is 63.8 Å². The minimum Gasteiger partial charge on any atom is -0.383 e. The van der Waals surface area contributed by atoms with Crippen LogP contribution in [0.1, 0.15) is 27.7 Å². The lowest BCUT2D eigenvalue weighted by Crippen LogP contribution is -2.31. The van der Waals surface area contributed by atoms with Crippen LogP contribution in [0.15, 0.2) is 6.07 Å². The van der Waals surface area contributed by atoms with Crippen LogP contribution in [0.25, 0.3) is 0 Å². The number of hydrogen-bond acceptors (Lipinski definition) is 4. The standard InChI is InChI=1S/C10H17ClN4/c1-6(10(2,3)4)13-8-5-7(12)14-9(11)15-8/h5-6H,1-4H3,(H3,12,13,14,15)/t6-/m1/s1. The van der Waals surface area contributed by atoms with Crippen LogP contribution in [-0.4, -0.2) is 16.0 Å². The quantitative estimate of drug-likeness (QED) is 0.764. The number of nitrogens with two attached hydrogens (primary N) is 1. The fraction of sp³-hybridized carbons (Fsp3) is 0.600. The van der Waals surface area contributed by atoms with E-state index in [1.165, 1.54) is 0 Å². The molecule has 0 aromatic carbocycles. The first-order valence-electron chi connectivity index (χ1n) is 4.85. The average molecular weight is 229 g/mol. The number of anilines is 2. The van der Waals surface area contributed by atoms with Crippen LogP contribution >= 0.6 is 11.6 Å². The highest BCUT2D eigenvalue weighted by Gasteiger charge is 2.20. The molecule has 15 heavy (non-hydrogen) atoms. The van der Waals surface area contributed by atoms with Gasteiger partial charge < -0.3 is 11.1 Å². The number of aromatic nitrogens is 2. The van der Waals surface area contributed by atoms with Crippen molar-refractivity contribution < 1.29 is 0 Å². The number of nitrogens with zero attached hydrogens (tertiary/aromatic N) is 2. The van der Waals surface area contributed by atoms with Crippen molar-refractivity contribution in [3.8, 4) is 0 Å². The van der Waals surface area contributed by atoms with E-state index < -0.39 is 0 Å². The van der Waals surface area contributed by atoms with Crippen LogP contribution in [0.3, 0.4) is 0 Å². The summed E-state index contributed by atoms with van der Waals surface area (Å²) in [6.07, 6.45) is 0. The zero-order chi connectivity index (χ0) is 11.6. The molecule has 0 spiro atoms. The average Bonchev–Trinajstić information content (AvgIpc) is 1.99. The summed E-state index contributed by atoms with van der Waals surface area (Å²) in [6.45, 7) is 8.54. The SMILES string of the molecule is C[C@@H](Nc1cc(N)nc(Cl)n1)C(C)(C)C. The maximum Gasteiger partial charge on any atom is 0.226 e. The van der Waals surface area contributed by atoms with Gasteiger partial charge in [0.15, 0.2) is 0 Å². The smallest absolute Gasteiger partial charge is 0.226 e. The van der Waals surface area contributed by atoms with Crippen molar-refractivity contribution in [1.29, 1.82) is 0 Å². The molecule has 0 amide bonds. The van der Waals surface area contributed by atoms with Gasteiger partial charge in [-0.25, -0.2) is 9.97 Å². The second-order valence-corrected chi connectivity index (χ2v) is 5.02. The van der Waals surface area contributed by atoms with Gasteiger partial charge in [0.1, 0.15) is 11.6 Å². The molecule has 1 atom stereocenters. The number of nitrogens with one attached hydrogen (secondary N) is 1. The summed E-state index contributed by atoms with van der Waals surface area (Å²) in [5, 5.41) is 3.41. The van der Waals surface area contributed by atoms with E-state index in [0.717, 1.165) is 0 Å². The lowest BCUT2D eigenvalue weighted by atomic mass is 9.88. The third-order valence-electron chi connectivity index (χ3n) is 2.38. The maximum atomic E-state index is 5.71. The van der Waals surface area contributed by atoms with Gasteiger partial charge >= 0.3 is 0 Å². The van der Waals surface area contributed by atoms with Crippen molar-refractivity contribution in [3.63, 3.8) is 0 Å². The summed E-state index contributed by atoms with van der Waals surface area (Å²) >= 11 is 5.71. The molecular formula is C10H17ClN4. The van der Waals surface area contributed by atoms with E-state index in [-0.39, 0.29) is 16.7 Å². The minimum atomic E-state index is 0.145. The normalized spacial score (nSPS) is 13.7. The number of hydrogen-bond donors (Lipinski definition) is 2. The van der Waals surface area contributed by atoms with Gasteiger partial charge in [0.25, 0.3) is 0 Å². The fourth-order valence-electron chi connectivity index (χ4n) is 0.948. The van der Waals surface area contributed by atoms with Crippen molar-refractivity contribution in [1.82, 2.24) is 9.97 Å². The molecule has 0 aliphatic heterocycles. The van der Waals surface area contributed by atoms with Gasteiger partial charge in [-0.2, -0.15) is 0 Å². The summed E-state index contributed by atoms with van der Waals surface area (Å²) in [5.41, 5.74) is 5.71. The number of nitrogen functional groups attached to an aromatic ring is 1. The molecule has 1 aromatic heterocycles. The molecule has 3 N–H and O–H groups in total. The molecule has 0 saturated heterocycles. The summed E-state index contributed by atoms with van der Waals surface area (Å²) in [5.74, 6) is 1.04. The van der Waals surface area contributed by atoms with Crippen molar-refractivity contribution in [2.75, 3.05) is 11.1 Å². The Morgan fingerprint density at radius 2 is 2.00 bits per heavy atom. The highest BCUT2D eigenvalue weighted by atomic mass is 35.5. The van der Waals surface area contributed by atoms with E-state index in [9.17, 15) is 0 Å². The molecule has 0 saturated carbocycles. The van der Waals surface area contributed by atoms with E-state index in [0.29, 0.717) is 11.6 Å². The van der Waals surface area contributed by atoms with E-state index in [4.69, 9.17) is 17.3 Å². The molecule has 1 heterocycles.